The lowest BCUT2D eigenvalue weighted by Gasteiger charge is -2.12. The predicted molar refractivity (Wildman–Crippen MR) is 84.6 cm³/mol. The van der Waals surface area contributed by atoms with Gasteiger partial charge in [0, 0.05) is 9.79 Å². The second-order valence-corrected chi connectivity index (χ2v) is 7.54. The minimum Gasteiger partial charge on any atom is -0.166 e. The standard InChI is InChI=1S/C14H6Cl2F6S2/c15-11-3-1-7(5-9(11)13(17,18)19)23-24-8-2-4-12(16)10(6-8)14(20,21)22/h1-6H. The Morgan fingerprint density at radius 2 is 0.958 bits per heavy atom. The van der Waals surface area contributed by atoms with Crippen molar-refractivity contribution in [2.24, 2.45) is 0 Å². The average molecular weight is 423 g/mol. The van der Waals surface area contributed by atoms with E-state index in [4.69, 9.17) is 23.2 Å². The van der Waals surface area contributed by atoms with Gasteiger partial charge in [-0.1, -0.05) is 44.8 Å². The first-order chi connectivity index (χ1) is 11.0. The fourth-order valence-corrected chi connectivity index (χ4v) is 4.06. The van der Waals surface area contributed by atoms with Gasteiger partial charge in [0.2, 0.25) is 0 Å². The molecular formula is C14H6Cl2F6S2. The highest BCUT2D eigenvalue weighted by molar-refractivity contribution is 8.76. The molecule has 0 N–H and O–H groups in total. The molecule has 0 spiro atoms. The van der Waals surface area contributed by atoms with Gasteiger partial charge in [-0.3, -0.25) is 0 Å². The number of halogens is 8. The summed E-state index contributed by atoms with van der Waals surface area (Å²) in [4.78, 5) is 0.417. The summed E-state index contributed by atoms with van der Waals surface area (Å²) in [5.41, 5.74) is -2.00. The van der Waals surface area contributed by atoms with Crippen LogP contribution < -0.4 is 0 Å². The quantitative estimate of drug-likeness (QED) is 0.365. The fourth-order valence-electron chi connectivity index (χ4n) is 1.64. The van der Waals surface area contributed by atoms with Gasteiger partial charge in [0.05, 0.1) is 21.2 Å². The Bertz CT molecular complexity index is 680. The van der Waals surface area contributed by atoms with E-state index in [-0.39, 0.29) is 9.79 Å². The molecule has 0 unspecified atom stereocenters. The Morgan fingerprint density at radius 1 is 0.625 bits per heavy atom. The van der Waals surface area contributed by atoms with Gasteiger partial charge < -0.3 is 0 Å². The molecule has 0 saturated heterocycles. The van der Waals surface area contributed by atoms with E-state index in [9.17, 15) is 26.3 Å². The zero-order chi connectivity index (χ0) is 18.1. The molecule has 2 aromatic rings. The molecule has 0 aliphatic heterocycles. The molecule has 0 bridgehead atoms. The molecule has 0 fully saturated rings. The van der Waals surface area contributed by atoms with Crippen molar-refractivity contribution in [2.45, 2.75) is 22.1 Å². The van der Waals surface area contributed by atoms with Crippen molar-refractivity contribution in [3.63, 3.8) is 0 Å². The number of rotatable bonds is 3. The van der Waals surface area contributed by atoms with Crippen molar-refractivity contribution >= 4 is 44.8 Å². The van der Waals surface area contributed by atoms with Crippen molar-refractivity contribution in [1.82, 2.24) is 0 Å². The minimum absolute atomic E-state index is 0.209. The normalized spacial score (nSPS) is 12.5. The van der Waals surface area contributed by atoms with E-state index in [2.05, 4.69) is 0 Å². The lowest BCUT2D eigenvalue weighted by atomic mass is 10.2. The van der Waals surface area contributed by atoms with Crippen molar-refractivity contribution in [3.05, 3.63) is 57.6 Å². The molecule has 2 rings (SSSR count). The molecule has 0 heterocycles. The lowest BCUT2D eigenvalue weighted by molar-refractivity contribution is -0.138. The summed E-state index contributed by atoms with van der Waals surface area (Å²) in [6, 6.07) is 6.60. The van der Waals surface area contributed by atoms with Crippen molar-refractivity contribution < 1.29 is 26.3 Å². The first kappa shape index (κ1) is 19.6. The Morgan fingerprint density at radius 3 is 1.25 bits per heavy atom. The zero-order valence-electron chi connectivity index (χ0n) is 11.3. The third-order valence-corrected chi connectivity index (χ3v) is 5.76. The monoisotopic (exact) mass is 422 g/mol. The van der Waals surface area contributed by atoms with Gasteiger partial charge in [-0.2, -0.15) is 26.3 Å². The summed E-state index contributed by atoms with van der Waals surface area (Å²) in [5.74, 6) is 0. The maximum atomic E-state index is 12.8. The van der Waals surface area contributed by atoms with Gasteiger partial charge in [0.25, 0.3) is 0 Å². The summed E-state index contributed by atoms with van der Waals surface area (Å²) in [5, 5.41) is -0.884. The Hall–Kier alpha value is -0.700. The molecule has 0 aliphatic rings. The van der Waals surface area contributed by atoms with Gasteiger partial charge in [-0.25, -0.2) is 0 Å². The molecule has 0 amide bonds. The van der Waals surface area contributed by atoms with Crippen LogP contribution in [0, 0.1) is 0 Å². The highest BCUT2D eigenvalue weighted by Gasteiger charge is 2.34. The fraction of sp³-hybridized carbons (Fsp3) is 0.143. The topological polar surface area (TPSA) is 0 Å². The lowest BCUT2D eigenvalue weighted by Crippen LogP contribution is -2.05. The van der Waals surface area contributed by atoms with E-state index in [1.54, 1.807) is 0 Å². The molecule has 0 radical (unpaired) electrons. The highest BCUT2D eigenvalue weighted by Crippen LogP contribution is 2.44. The molecule has 0 nitrogen and oxygen atoms in total. The van der Waals surface area contributed by atoms with Crippen LogP contribution in [0.4, 0.5) is 26.3 Å². The highest BCUT2D eigenvalue weighted by atomic mass is 35.5. The van der Waals surface area contributed by atoms with Crippen LogP contribution >= 0.6 is 44.8 Å². The first-order valence-electron chi connectivity index (χ1n) is 6.06. The number of hydrogen-bond acceptors (Lipinski definition) is 2. The van der Waals surface area contributed by atoms with Crippen molar-refractivity contribution in [3.8, 4) is 0 Å². The van der Waals surface area contributed by atoms with E-state index in [1.165, 1.54) is 12.1 Å². The second-order valence-electron chi connectivity index (χ2n) is 4.45. The molecule has 0 aliphatic carbocycles. The Labute approximate surface area is 150 Å². The van der Waals surface area contributed by atoms with E-state index >= 15 is 0 Å². The SMILES string of the molecule is FC(F)(F)c1cc(SSc2ccc(Cl)c(C(F)(F)F)c2)ccc1Cl. The van der Waals surface area contributed by atoms with E-state index < -0.39 is 33.5 Å². The molecule has 10 heteroatoms. The zero-order valence-corrected chi connectivity index (χ0v) is 14.4. The largest absolute Gasteiger partial charge is 0.417 e. The van der Waals surface area contributed by atoms with Crippen LogP contribution in [-0.4, -0.2) is 0 Å². The Balaban J connectivity index is 2.20. The van der Waals surface area contributed by atoms with Gasteiger partial charge in [-0.05, 0) is 36.4 Å². The van der Waals surface area contributed by atoms with Gasteiger partial charge in [0.15, 0.2) is 0 Å². The molecule has 0 saturated carbocycles. The van der Waals surface area contributed by atoms with Crippen LogP contribution in [0.2, 0.25) is 10.0 Å². The van der Waals surface area contributed by atoms with Crippen LogP contribution in [0.3, 0.4) is 0 Å². The minimum atomic E-state index is -4.61. The average Bonchev–Trinajstić information content (AvgIpc) is 2.45. The van der Waals surface area contributed by atoms with Crippen LogP contribution in [0.25, 0.3) is 0 Å². The first-order valence-corrected chi connectivity index (χ1v) is 8.97. The third kappa shape index (κ3) is 4.91. The molecule has 0 aromatic heterocycles. The van der Waals surface area contributed by atoms with Crippen LogP contribution in [0.5, 0.6) is 0 Å². The summed E-state index contributed by atoms with van der Waals surface area (Å²) >= 11 is 11.0. The smallest absolute Gasteiger partial charge is 0.166 e. The van der Waals surface area contributed by atoms with E-state index in [1.807, 2.05) is 0 Å². The summed E-state index contributed by atoms with van der Waals surface area (Å²) < 4.78 is 76.7. The molecule has 24 heavy (non-hydrogen) atoms. The van der Waals surface area contributed by atoms with Crippen LogP contribution in [0.1, 0.15) is 11.1 Å². The van der Waals surface area contributed by atoms with Gasteiger partial charge in [0.1, 0.15) is 0 Å². The maximum Gasteiger partial charge on any atom is 0.417 e. The molecule has 2 aromatic carbocycles. The number of alkyl halides is 6. The third-order valence-electron chi connectivity index (χ3n) is 2.72. The summed E-state index contributed by atoms with van der Waals surface area (Å²) in [7, 11) is 1.77. The summed E-state index contributed by atoms with van der Waals surface area (Å²) in [6.07, 6.45) is -9.22. The summed E-state index contributed by atoms with van der Waals surface area (Å²) in [6.45, 7) is 0. The van der Waals surface area contributed by atoms with Crippen LogP contribution in [0.15, 0.2) is 46.2 Å². The Kier molecular flexibility index (Phi) is 5.95. The second kappa shape index (κ2) is 7.27. The number of benzene rings is 2. The van der Waals surface area contributed by atoms with Gasteiger partial charge in [-0.15, -0.1) is 0 Å². The molecule has 0 atom stereocenters. The van der Waals surface area contributed by atoms with Crippen LogP contribution in [-0.2, 0) is 12.4 Å². The molecule has 130 valence electrons. The number of hydrogen-bond donors (Lipinski definition) is 0. The molecular weight excluding hydrogens is 417 g/mol. The van der Waals surface area contributed by atoms with E-state index in [0.29, 0.717) is 0 Å². The van der Waals surface area contributed by atoms with E-state index in [0.717, 1.165) is 45.9 Å². The van der Waals surface area contributed by atoms with Gasteiger partial charge >= 0.3 is 12.4 Å². The maximum absolute atomic E-state index is 12.8. The predicted octanol–water partition coefficient (Wildman–Crippen LogP) is 7.83. The van der Waals surface area contributed by atoms with Crippen molar-refractivity contribution in [2.75, 3.05) is 0 Å². The van der Waals surface area contributed by atoms with Crippen molar-refractivity contribution in [1.29, 1.82) is 0 Å².